The van der Waals surface area contributed by atoms with E-state index in [4.69, 9.17) is 0 Å². The molecule has 3 heteroatoms. The van der Waals surface area contributed by atoms with Crippen LogP contribution in [0.15, 0.2) is 24.3 Å². The summed E-state index contributed by atoms with van der Waals surface area (Å²) in [6.45, 7) is 9.38. The van der Waals surface area contributed by atoms with Crippen molar-refractivity contribution in [2.24, 2.45) is 0 Å². The molecule has 0 saturated carbocycles. The van der Waals surface area contributed by atoms with Crippen molar-refractivity contribution < 1.29 is 4.39 Å². The Morgan fingerprint density at radius 3 is 2.53 bits per heavy atom. The molecule has 0 fully saturated rings. The fourth-order valence-electron chi connectivity index (χ4n) is 1.85. The maximum absolute atomic E-state index is 13.3. The number of rotatable bonds is 7. The van der Waals surface area contributed by atoms with Crippen molar-refractivity contribution in [3.63, 3.8) is 0 Å². The van der Waals surface area contributed by atoms with Gasteiger partial charge in [-0.3, -0.25) is 4.90 Å². The lowest BCUT2D eigenvalue weighted by Crippen LogP contribution is -2.35. The van der Waals surface area contributed by atoms with E-state index in [2.05, 4.69) is 31.0 Å². The molecule has 0 unspecified atom stereocenters. The third kappa shape index (κ3) is 4.73. The third-order valence-electron chi connectivity index (χ3n) is 2.83. The summed E-state index contributed by atoms with van der Waals surface area (Å²) in [5, 5.41) is 3.14. The Balaban J connectivity index is 2.38. The topological polar surface area (TPSA) is 15.3 Å². The van der Waals surface area contributed by atoms with Gasteiger partial charge in [-0.15, -0.1) is 0 Å². The van der Waals surface area contributed by atoms with Crippen molar-refractivity contribution in [3.05, 3.63) is 30.1 Å². The zero-order valence-electron chi connectivity index (χ0n) is 11.0. The molecule has 96 valence electrons. The molecule has 0 aliphatic carbocycles. The highest BCUT2D eigenvalue weighted by Gasteiger charge is 2.07. The summed E-state index contributed by atoms with van der Waals surface area (Å²) in [6.07, 6.45) is 1.15. The van der Waals surface area contributed by atoms with Crippen LogP contribution in [0.2, 0.25) is 0 Å². The minimum atomic E-state index is -0.181. The van der Waals surface area contributed by atoms with Crippen molar-refractivity contribution in [2.75, 3.05) is 25.0 Å². The monoisotopic (exact) mass is 238 g/mol. The van der Waals surface area contributed by atoms with Crippen molar-refractivity contribution >= 4 is 5.69 Å². The van der Waals surface area contributed by atoms with Crippen LogP contribution in [-0.2, 0) is 0 Å². The smallest absolute Gasteiger partial charge is 0.146 e. The molecule has 2 nitrogen and oxygen atoms in total. The maximum Gasteiger partial charge on any atom is 0.146 e. The first kappa shape index (κ1) is 14.0. The molecule has 0 amide bonds. The number of para-hydroxylation sites is 1. The summed E-state index contributed by atoms with van der Waals surface area (Å²) >= 11 is 0. The van der Waals surface area contributed by atoms with E-state index in [1.807, 2.05) is 6.07 Å². The van der Waals surface area contributed by atoms with Crippen LogP contribution >= 0.6 is 0 Å². The molecule has 1 aromatic carbocycles. The average Bonchev–Trinajstić information content (AvgIpc) is 2.30. The van der Waals surface area contributed by atoms with E-state index in [0.29, 0.717) is 11.7 Å². The SMILES string of the molecule is CCCN(CCNc1ccccc1F)C(C)C. The first-order chi connectivity index (χ1) is 8.15. The summed E-state index contributed by atoms with van der Waals surface area (Å²) in [6, 6.07) is 7.34. The second-order valence-electron chi connectivity index (χ2n) is 4.54. The Hall–Kier alpha value is -1.09. The minimum absolute atomic E-state index is 0.181. The number of benzene rings is 1. The first-order valence-corrected chi connectivity index (χ1v) is 6.37. The predicted molar refractivity (Wildman–Crippen MR) is 71.9 cm³/mol. The van der Waals surface area contributed by atoms with Gasteiger partial charge in [0.2, 0.25) is 0 Å². The number of nitrogens with zero attached hydrogens (tertiary/aromatic N) is 1. The minimum Gasteiger partial charge on any atom is -0.381 e. The number of halogens is 1. The summed E-state index contributed by atoms with van der Waals surface area (Å²) < 4.78 is 13.3. The summed E-state index contributed by atoms with van der Waals surface area (Å²) in [5.74, 6) is -0.181. The first-order valence-electron chi connectivity index (χ1n) is 6.37. The molecule has 17 heavy (non-hydrogen) atoms. The van der Waals surface area contributed by atoms with E-state index in [1.165, 1.54) is 6.07 Å². The van der Waals surface area contributed by atoms with Gasteiger partial charge in [-0.2, -0.15) is 0 Å². The normalized spacial score (nSPS) is 11.2. The van der Waals surface area contributed by atoms with E-state index in [1.54, 1.807) is 12.1 Å². The van der Waals surface area contributed by atoms with Gasteiger partial charge in [-0.25, -0.2) is 4.39 Å². The molecule has 0 aromatic heterocycles. The molecule has 1 aromatic rings. The summed E-state index contributed by atoms with van der Waals surface area (Å²) in [7, 11) is 0. The van der Waals surface area contributed by atoms with Crippen LogP contribution in [0.4, 0.5) is 10.1 Å². The number of anilines is 1. The third-order valence-corrected chi connectivity index (χ3v) is 2.83. The van der Waals surface area contributed by atoms with Crippen molar-refractivity contribution in [2.45, 2.75) is 33.2 Å². The van der Waals surface area contributed by atoms with Crippen LogP contribution in [-0.4, -0.2) is 30.6 Å². The molecule has 1 rings (SSSR count). The van der Waals surface area contributed by atoms with Gasteiger partial charge in [0.25, 0.3) is 0 Å². The lowest BCUT2D eigenvalue weighted by atomic mass is 10.2. The largest absolute Gasteiger partial charge is 0.381 e. The van der Waals surface area contributed by atoms with Crippen LogP contribution in [0.25, 0.3) is 0 Å². The molecule has 0 aliphatic rings. The van der Waals surface area contributed by atoms with E-state index in [0.717, 1.165) is 26.1 Å². The Morgan fingerprint density at radius 1 is 1.24 bits per heavy atom. The van der Waals surface area contributed by atoms with Gasteiger partial charge in [-0.1, -0.05) is 19.1 Å². The Morgan fingerprint density at radius 2 is 1.94 bits per heavy atom. The van der Waals surface area contributed by atoms with Gasteiger partial charge in [0.1, 0.15) is 5.82 Å². The molecule has 0 saturated heterocycles. The number of hydrogen-bond donors (Lipinski definition) is 1. The molecule has 0 radical (unpaired) electrons. The van der Waals surface area contributed by atoms with E-state index < -0.39 is 0 Å². The second kappa shape index (κ2) is 7.28. The number of hydrogen-bond acceptors (Lipinski definition) is 2. The van der Waals surface area contributed by atoms with Gasteiger partial charge in [0.15, 0.2) is 0 Å². The van der Waals surface area contributed by atoms with Gasteiger partial charge < -0.3 is 5.32 Å². The second-order valence-corrected chi connectivity index (χ2v) is 4.54. The fourth-order valence-corrected chi connectivity index (χ4v) is 1.85. The van der Waals surface area contributed by atoms with Crippen LogP contribution in [0, 0.1) is 5.82 Å². The van der Waals surface area contributed by atoms with Crippen LogP contribution < -0.4 is 5.32 Å². The Kier molecular flexibility index (Phi) is 5.98. The lowest BCUT2D eigenvalue weighted by molar-refractivity contribution is 0.231. The highest BCUT2D eigenvalue weighted by atomic mass is 19.1. The Bertz CT molecular complexity index is 326. The Labute approximate surface area is 104 Å². The molecule has 0 spiro atoms. The summed E-state index contributed by atoms with van der Waals surface area (Å²) in [4.78, 5) is 2.40. The molecule has 1 N–H and O–H groups in total. The molecule has 0 atom stereocenters. The molecule has 0 aliphatic heterocycles. The van der Waals surface area contributed by atoms with Crippen molar-refractivity contribution in [1.82, 2.24) is 4.90 Å². The zero-order valence-corrected chi connectivity index (χ0v) is 11.0. The van der Waals surface area contributed by atoms with Crippen LogP contribution in [0.1, 0.15) is 27.2 Å². The standard InChI is InChI=1S/C14H23FN2/c1-4-10-17(12(2)3)11-9-16-14-8-6-5-7-13(14)15/h5-8,12,16H,4,9-11H2,1-3H3. The fraction of sp³-hybridized carbons (Fsp3) is 0.571. The molecular weight excluding hydrogens is 215 g/mol. The molecule has 0 bridgehead atoms. The van der Waals surface area contributed by atoms with Crippen LogP contribution in [0.3, 0.4) is 0 Å². The highest BCUT2D eigenvalue weighted by molar-refractivity contribution is 5.44. The van der Waals surface area contributed by atoms with E-state index in [9.17, 15) is 4.39 Å². The van der Waals surface area contributed by atoms with Crippen LogP contribution in [0.5, 0.6) is 0 Å². The van der Waals surface area contributed by atoms with Gasteiger partial charge in [0, 0.05) is 19.1 Å². The summed E-state index contributed by atoms with van der Waals surface area (Å²) in [5.41, 5.74) is 0.590. The molecule has 0 heterocycles. The predicted octanol–water partition coefficient (Wildman–Crippen LogP) is 3.36. The van der Waals surface area contributed by atoms with Gasteiger partial charge in [0.05, 0.1) is 5.69 Å². The van der Waals surface area contributed by atoms with E-state index in [-0.39, 0.29) is 5.82 Å². The average molecular weight is 238 g/mol. The van der Waals surface area contributed by atoms with Crippen molar-refractivity contribution in [3.8, 4) is 0 Å². The number of nitrogens with one attached hydrogen (secondary N) is 1. The lowest BCUT2D eigenvalue weighted by Gasteiger charge is -2.26. The maximum atomic E-state index is 13.3. The van der Waals surface area contributed by atoms with Crippen molar-refractivity contribution in [1.29, 1.82) is 0 Å². The van der Waals surface area contributed by atoms with E-state index >= 15 is 0 Å². The molecular formula is C14H23FN2. The zero-order chi connectivity index (χ0) is 12.7. The quantitative estimate of drug-likeness (QED) is 0.783. The van der Waals surface area contributed by atoms with Gasteiger partial charge >= 0.3 is 0 Å². The highest BCUT2D eigenvalue weighted by Crippen LogP contribution is 2.11. The van der Waals surface area contributed by atoms with Gasteiger partial charge in [-0.05, 0) is 38.9 Å².